The van der Waals surface area contributed by atoms with Crippen LogP contribution in [0.3, 0.4) is 0 Å². The van der Waals surface area contributed by atoms with Crippen LogP contribution in [-0.4, -0.2) is 17.6 Å². The third kappa shape index (κ3) is 2.97. The van der Waals surface area contributed by atoms with Crippen molar-refractivity contribution >= 4 is 5.91 Å². The zero-order valence-electron chi connectivity index (χ0n) is 9.77. The molecule has 1 aromatic heterocycles. The van der Waals surface area contributed by atoms with E-state index in [1.165, 1.54) is 12.3 Å². The van der Waals surface area contributed by atoms with Gasteiger partial charge < -0.3 is 14.8 Å². The van der Waals surface area contributed by atoms with Gasteiger partial charge in [-0.15, -0.1) is 0 Å². The summed E-state index contributed by atoms with van der Waals surface area (Å²) in [4.78, 5) is 11.6. The molecule has 0 saturated carbocycles. The summed E-state index contributed by atoms with van der Waals surface area (Å²) in [6.45, 7) is -0.164. The van der Waals surface area contributed by atoms with Crippen molar-refractivity contribution in [2.75, 3.05) is 6.54 Å². The third-order valence-electron chi connectivity index (χ3n) is 2.52. The standard InChI is InChI=1S/C13H11F2NO3/c14-9-4-1-3-8(12(9)15)13(18)16-7-10(17)11-5-2-6-19-11/h1-6,10,17H,7H2,(H,16,18). The Labute approximate surface area is 107 Å². The van der Waals surface area contributed by atoms with Gasteiger partial charge in [-0.2, -0.15) is 0 Å². The second kappa shape index (κ2) is 5.62. The molecule has 0 bridgehead atoms. The monoisotopic (exact) mass is 267 g/mol. The minimum atomic E-state index is -1.22. The molecule has 2 N–H and O–H groups in total. The van der Waals surface area contributed by atoms with E-state index >= 15 is 0 Å². The van der Waals surface area contributed by atoms with Crippen molar-refractivity contribution in [3.63, 3.8) is 0 Å². The van der Waals surface area contributed by atoms with Crippen LogP contribution in [0.2, 0.25) is 0 Å². The Bertz CT molecular complexity index is 569. The molecule has 0 saturated heterocycles. The maximum atomic E-state index is 13.3. The molecule has 0 fully saturated rings. The summed E-state index contributed by atoms with van der Waals surface area (Å²) in [6.07, 6.45) is 0.336. The first kappa shape index (κ1) is 13.2. The number of carbonyl (C=O) groups excluding carboxylic acids is 1. The summed E-state index contributed by atoms with van der Waals surface area (Å²) in [5.74, 6) is -2.84. The van der Waals surface area contributed by atoms with E-state index in [0.717, 1.165) is 12.1 Å². The maximum absolute atomic E-state index is 13.3. The van der Waals surface area contributed by atoms with Crippen molar-refractivity contribution in [2.24, 2.45) is 0 Å². The van der Waals surface area contributed by atoms with Gasteiger partial charge in [0.15, 0.2) is 11.6 Å². The van der Waals surface area contributed by atoms with Gasteiger partial charge in [0.1, 0.15) is 11.9 Å². The van der Waals surface area contributed by atoms with E-state index in [1.54, 1.807) is 12.1 Å². The normalized spacial score (nSPS) is 12.2. The molecule has 19 heavy (non-hydrogen) atoms. The molecule has 4 nitrogen and oxygen atoms in total. The van der Waals surface area contributed by atoms with Gasteiger partial charge in [-0.3, -0.25) is 4.79 Å². The molecule has 1 amide bonds. The average molecular weight is 267 g/mol. The molecule has 1 heterocycles. The summed E-state index contributed by atoms with van der Waals surface area (Å²) in [5.41, 5.74) is -0.411. The van der Waals surface area contributed by atoms with Crippen LogP contribution in [0.15, 0.2) is 41.0 Å². The minimum absolute atomic E-state index is 0.164. The second-order valence-corrected chi connectivity index (χ2v) is 3.84. The maximum Gasteiger partial charge on any atom is 0.254 e. The van der Waals surface area contributed by atoms with Gasteiger partial charge in [-0.25, -0.2) is 8.78 Å². The first-order chi connectivity index (χ1) is 9.09. The molecule has 1 atom stereocenters. The van der Waals surface area contributed by atoms with Crippen LogP contribution in [0, 0.1) is 11.6 Å². The summed E-state index contributed by atoms with van der Waals surface area (Å²) in [6, 6.07) is 6.44. The SMILES string of the molecule is O=C(NCC(O)c1ccco1)c1cccc(F)c1F. The highest BCUT2D eigenvalue weighted by molar-refractivity contribution is 5.94. The highest BCUT2D eigenvalue weighted by Gasteiger charge is 2.17. The molecule has 100 valence electrons. The molecule has 0 spiro atoms. The molecule has 0 aliphatic carbocycles. The number of rotatable bonds is 4. The lowest BCUT2D eigenvalue weighted by atomic mass is 10.2. The average Bonchev–Trinajstić information content (AvgIpc) is 2.93. The number of benzene rings is 1. The van der Waals surface area contributed by atoms with Crippen molar-refractivity contribution in [1.29, 1.82) is 0 Å². The first-order valence-corrected chi connectivity index (χ1v) is 5.53. The number of aliphatic hydroxyl groups excluding tert-OH is 1. The van der Waals surface area contributed by atoms with Gasteiger partial charge in [0.2, 0.25) is 0 Å². The molecule has 6 heteroatoms. The van der Waals surface area contributed by atoms with E-state index in [4.69, 9.17) is 4.42 Å². The lowest BCUT2D eigenvalue weighted by Gasteiger charge is -2.10. The number of nitrogens with one attached hydrogen (secondary N) is 1. The van der Waals surface area contributed by atoms with Crippen molar-refractivity contribution in [1.82, 2.24) is 5.32 Å². The van der Waals surface area contributed by atoms with E-state index in [1.807, 2.05) is 0 Å². The van der Waals surface area contributed by atoms with E-state index < -0.39 is 29.2 Å². The van der Waals surface area contributed by atoms with Crippen LogP contribution < -0.4 is 5.32 Å². The van der Waals surface area contributed by atoms with Crippen LogP contribution in [-0.2, 0) is 0 Å². The molecule has 1 aromatic carbocycles. The lowest BCUT2D eigenvalue weighted by Crippen LogP contribution is -2.29. The Morgan fingerprint density at radius 3 is 2.79 bits per heavy atom. The Morgan fingerprint density at radius 2 is 2.11 bits per heavy atom. The fourth-order valence-corrected chi connectivity index (χ4v) is 1.55. The fraction of sp³-hybridized carbons (Fsp3) is 0.154. The number of halogens is 2. The Morgan fingerprint density at radius 1 is 1.32 bits per heavy atom. The highest BCUT2D eigenvalue weighted by Crippen LogP contribution is 2.13. The molecule has 2 rings (SSSR count). The van der Waals surface area contributed by atoms with Gasteiger partial charge in [-0.05, 0) is 24.3 Å². The van der Waals surface area contributed by atoms with Crippen molar-refractivity contribution in [3.05, 3.63) is 59.6 Å². The molecule has 0 aliphatic heterocycles. The number of hydrogen-bond donors (Lipinski definition) is 2. The fourth-order valence-electron chi connectivity index (χ4n) is 1.55. The number of carbonyl (C=O) groups is 1. The van der Waals surface area contributed by atoms with Gasteiger partial charge in [-0.1, -0.05) is 6.07 Å². The number of hydrogen-bond acceptors (Lipinski definition) is 3. The van der Waals surface area contributed by atoms with Crippen LogP contribution in [0.5, 0.6) is 0 Å². The second-order valence-electron chi connectivity index (χ2n) is 3.84. The third-order valence-corrected chi connectivity index (χ3v) is 2.52. The van der Waals surface area contributed by atoms with E-state index in [2.05, 4.69) is 5.32 Å². The predicted molar refractivity (Wildman–Crippen MR) is 62.4 cm³/mol. The zero-order chi connectivity index (χ0) is 13.8. The molecule has 1 unspecified atom stereocenters. The quantitative estimate of drug-likeness (QED) is 0.890. The summed E-state index contributed by atoms with van der Waals surface area (Å²) < 4.78 is 31.2. The van der Waals surface area contributed by atoms with Crippen molar-refractivity contribution in [2.45, 2.75) is 6.10 Å². The first-order valence-electron chi connectivity index (χ1n) is 5.53. The van der Waals surface area contributed by atoms with Gasteiger partial charge >= 0.3 is 0 Å². The molecule has 0 radical (unpaired) electrons. The highest BCUT2D eigenvalue weighted by atomic mass is 19.2. The minimum Gasteiger partial charge on any atom is -0.467 e. The number of furan rings is 1. The van der Waals surface area contributed by atoms with E-state index in [9.17, 15) is 18.7 Å². The largest absolute Gasteiger partial charge is 0.467 e. The molecular weight excluding hydrogens is 256 g/mol. The Balaban J connectivity index is 2.00. The summed E-state index contributed by atoms with van der Waals surface area (Å²) >= 11 is 0. The van der Waals surface area contributed by atoms with E-state index in [0.29, 0.717) is 0 Å². The van der Waals surface area contributed by atoms with Crippen molar-refractivity contribution < 1.29 is 23.1 Å². The van der Waals surface area contributed by atoms with Crippen LogP contribution in [0.25, 0.3) is 0 Å². The summed E-state index contributed by atoms with van der Waals surface area (Å²) in [5, 5.41) is 12.0. The zero-order valence-corrected chi connectivity index (χ0v) is 9.77. The predicted octanol–water partition coefficient (Wildman–Crippen LogP) is 2.02. The van der Waals surface area contributed by atoms with Gasteiger partial charge in [0.05, 0.1) is 18.4 Å². The van der Waals surface area contributed by atoms with Crippen LogP contribution >= 0.6 is 0 Å². The smallest absolute Gasteiger partial charge is 0.254 e. The number of amides is 1. The lowest BCUT2D eigenvalue weighted by molar-refractivity contribution is 0.0896. The summed E-state index contributed by atoms with van der Waals surface area (Å²) in [7, 11) is 0. The van der Waals surface area contributed by atoms with Gasteiger partial charge in [0, 0.05) is 0 Å². The molecule has 2 aromatic rings. The van der Waals surface area contributed by atoms with Crippen molar-refractivity contribution in [3.8, 4) is 0 Å². The van der Waals surface area contributed by atoms with Crippen LogP contribution in [0.1, 0.15) is 22.2 Å². The van der Waals surface area contributed by atoms with Crippen LogP contribution in [0.4, 0.5) is 8.78 Å². The molecule has 0 aliphatic rings. The van der Waals surface area contributed by atoms with E-state index in [-0.39, 0.29) is 12.3 Å². The topological polar surface area (TPSA) is 62.5 Å². The Hall–Kier alpha value is -2.21. The number of aliphatic hydroxyl groups is 1. The van der Waals surface area contributed by atoms with Gasteiger partial charge in [0.25, 0.3) is 5.91 Å². The molecular formula is C13H11F2NO3. The Kier molecular flexibility index (Phi) is 3.91.